The highest BCUT2D eigenvalue weighted by atomic mass is 19.1. The summed E-state index contributed by atoms with van der Waals surface area (Å²) in [6.07, 6.45) is 5.17. The van der Waals surface area contributed by atoms with Gasteiger partial charge in [0.25, 0.3) is 5.91 Å². The highest BCUT2D eigenvalue weighted by Crippen LogP contribution is 2.25. The first-order valence-corrected chi connectivity index (χ1v) is 8.54. The van der Waals surface area contributed by atoms with E-state index in [4.69, 9.17) is 5.73 Å². The van der Waals surface area contributed by atoms with Gasteiger partial charge in [-0.25, -0.2) is 4.39 Å². The fourth-order valence-corrected chi connectivity index (χ4v) is 3.40. The quantitative estimate of drug-likeness (QED) is 0.843. The van der Waals surface area contributed by atoms with Crippen LogP contribution in [-0.2, 0) is 6.42 Å². The van der Waals surface area contributed by atoms with Crippen molar-refractivity contribution in [1.29, 1.82) is 0 Å². The summed E-state index contributed by atoms with van der Waals surface area (Å²) >= 11 is 0. The first-order valence-electron chi connectivity index (χ1n) is 8.54. The Morgan fingerprint density at radius 3 is 2.50 bits per heavy atom. The van der Waals surface area contributed by atoms with Crippen molar-refractivity contribution in [2.45, 2.75) is 38.1 Å². The summed E-state index contributed by atoms with van der Waals surface area (Å²) in [7, 11) is 0. The first-order chi connectivity index (χ1) is 11.6. The summed E-state index contributed by atoms with van der Waals surface area (Å²) in [4.78, 5) is 14.9. The molecular weight excluding hydrogens is 303 g/mol. The lowest BCUT2D eigenvalue weighted by atomic mass is 10.1. The van der Waals surface area contributed by atoms with E-state index < -0.39 is 0 Å². The summed E-state index contributed by atoms with van der Waals surface area (Å²) in [6, 6.07) is 14.0. The number of benzene rings is 2. The minimum absolute atomic E-state index is 0.0383. The molecule has 0 bridgehead atoms. The average Bonchev–Trinajstić information content (AvgIpc) is 3.11. The Kier molecular flexibility index (Phi) is 5.14. The van der Waals surface area contributed by atoms with Crippen molar-refractivity contribution in [3.05, 3.63) is 65.5 Å². The molecule has 4 heteroatoms. The van der Waals surface area contributed by atoms with Crippen LogP contribution in [0.4, 0.5) is 10.1 Å². The number of rotatable bonds is 5. The third-order valence-electron chi connectivity index (χ3n) is 4.71. The number of hydrogen-bond donors (Lipinski definition) is 1. The second kappa shape index (κ2) is 7.47. The van der Waals surface area contributed by atoms with Crippen LogP contribution in [0.5, 0.6) is 0 Å². The van der Waals surface area contributed by atoms with Gasteiger partial charge in [-0.1, -0.05) is 31.0 Å². The van der Waals surface area contributed by atoms with Gasteiger partial charge in [0.2, 0.25) is 0 Å². The van der Waals surface area contributed by atoms with Gasteiger partial charge in [0, 0.05) is 23.8 Å². The number of hydrogen-bond acceptors (Lipinski definition) is 2. The van der Waals surface area contributed by atoms with E-state index in [1.165, 1.54) is 25.0 Å². The van der Waals surface area contributed by atoms with E-state index in [-0.39, 0.29) is 11.7 Å². The van der Waals surface area contributed by atoms with Gasteiger partial charge in [-0.2, -0.15) is 0 Å². The molecule has 0 aromatic heterocycles. The van der Waals surface area contributed by atoms with E-state index >= 15 is 0 Å². The molecule has 1 saturated carbocycles. The van der Waals surface area contributed by atoms with E-state index in [1.807, 2.05) is 17.0 Å². The molecule has 0 unspecified atom stereocenters. The van der Waals surface area contributed by atoms with E-state index in [0.717, 1.165) is 24.8 Å². The number of anilines is 1. The van der Waals surface area contributed by atoms with Gasteiger partial charge in [0.1, 0.15) is 5.82 Å². The Hall–Kier alpha value is -2.36. The lowest BCUT2D eigenvalue weighted by molar-refractivity contribution is 0.0684. The molecule has 2 aromatic rings. The van der Waals surface area contributed by atoms with Gasteiger partial charge >= 0.3 is 0 Å². The smallest absolute Gasteiger partial charge is 0.254 e. The summed E-state index contributed by atoms with van der Waals surface area (Å²) in [5.74, 6) is -0.196. The Labute approximate surface area is 142 Å². The van der Waals surface area contributed by atoms with Gasteiger partial charge in [-0.05, 0) is 55.2 Å². The molecule has 1 aliphatic rings. The van der Waals surface area contributed by atoms with Crippen LogP contribution in [0.2, 0.25) is 0 Å². The molecule has 3 rings (SSSR count). The molecule has 1 fully saturated rings. The average molecular weight is 326 g/mol. The van der Waals surface area contributed by atoms with Crippen molar-refractivity contribution in [3.63, 3.8) is 0 Å². The van der Waals surface area contributed by atoms with Crippen LogP contribution in [0, 0.1) is 5.82 Å². The molecular formula is C20H23FN2O. The molecule has 2 N–H and O–H groups in total. The number of nitrogens with zero attached hydrogens (tertiary/aromatic N) is 1. The number of nitrogen functional groups attached to an aromatic ring is 1. The third kappa shape index (κ3) is 3.94. The number of carbonyl (C=O) groups is 1. The second-order valence-electron chi connectivity index (χ2n) is 6.44. The zero-order chi connectivity index (χ0) is 16.9. The van der Waals surface area contributed by atoms with Crippen molar-refractivity contribution in [2.24, 2.45) is 0 Å². The zero-order valence-corrected chi connectivity index (χ0v) is 13.7. The Morgan fingerprint density at radius 1 is 1.12 bits per heavy atom. The number of nitrogens with two attached hydrogens (primary N) is 1. The van der Waals surface area contributed by atoms with Crippen LogP contribution in [0.15, 0.2) is 48.5 Å². The van der Waals surface area contributed by atoms with Crippen LogP contribution in [0.3, 0.4) is 0 Å². The predicted molar refractivity (Wildman–Crippen MR) is 94.3 cm³/mol. The van der Waals surface area contributed by atoms with Crippen molar-refractivity contribution in [2.75, 3.05) is 12.3 Å². The van der Waals surface area contributed by atoms with Crippen LogP contribution in [-0.4, -0.2) is 23.4 Å². The van der Waals surface area contributed by atoms with Crippen molar-refractivity contribution < 1.29 is 9.18 Å². The molecule has 0 saturated heterocycles. The third-order valence-corrected chi connectivity index (χ3v) is 4.71. The monoisotopic (exact) mass is 326 g/mol. The number of halogens is 1. The van der Waals surface area contributed by atoms with E-state index in [1.54, 1.807) is 24.3 Å². The van der Waals surface area contributed by atoms with Crippen LogP contribution in [0.1, 0.15) is 41.6 Å². The molecule has 0 aliphatic heterocycles. The van der Waals surface area contributed by atoms with Crippen LogP contribution >= 0.6 is 0 Å². The Morgan fingerprint density at radius 2 is 1.83 bits per heavy atom. The maximum Gasteiger partial charge on any atom is 0.254 e. The first kappa shape index (κ1) is 16.5. The summed E-state index contributed by atoms with van der Waals surface area (Å²) < 4.78 is 13.0. The summed E-state index contributed by atoms with van der Waals surface area (Å²) in [6.45, 7) is 0.643. The Bertz CT molecular complexity index is 693. The van der Waals surface area contributed by atoms with Gasteiger partial charge in [0.15, 0.2) is 0 Å². The van der Waals surface area contributed by atoms with Gasteiger partial charge < -0.3 is 10.6 Å². The molecule has 0 atom stereocenters. The van der Waals surface area contributed by atoms with Gasteiger partial charge in [0.05, 0.1) is 0 Å². The van der Waals surface area contributed by atoms with Gasteiger partial charge in [-0.15, -0.1) is 0 Å². The Balaban J connectivity index is 1.75. The molecule has 1 amide bonds. The SMILES string of the molecule is Nc1cccc(C(=O)N(CCc2ccc(F)cc2)C2CCCC2)c1. The fraction of sp³-hybridized carbons (Fsp3) is 0.350. The highest BCUT2D eigenvalue weighted by molar-refractivity contribution is 5.95. The van der Waals surface area contributed by atoms with Crippen LogP contribution < -0.4 is 5.73 Å². The predicted octanol–water partition coefficient (Wildman–Crippen LogP) is 4.04. The maximum absolute atomic E-state index is 13.0. The standard InChI is InChI=1S/C20H23FN2O/c21-17-10-8-15(9-11-17)12-13-23(19-6-1-2-7-19)20(24)16-4-3-5-18(22)14-16/h3-5,8-11,14,19H,1-2,6-7,12-13,22H2. The second-order valence-corrected chi connectivity index (χ2v) is 6.44. The van der Waals surface area contributed by atoms with E-state index in [2.05, 4.69) is 0 Å². The molecule has 0 radical (unpaired) electrons. The lowest BCUT2D eigenvalue weighted by Crippen LogP contribution is -2.40. The molecule has 1 aliphatic carbocycles. The van der Waals surface area contributed by atoms with Crippen molar-refractivity contribution >= 4 is 11.6 Å². The molecule has 3 nitrogen and oxygen atoms in total. The van der Waals surface area contributed by atoms with Crippen LogP contribution in [0.25, 0.3) is 0 Å². The number of carbonyl (C=O) groups excluding carboxylic acids is 1. The highest BCUT2D eigenvalue weighted by Gasteiger charge is 2.27. The normalized spacial score (nSPS) is 14.7. The topological polar surface area (TPSA) is 46.3 Å². The lowest BCUT2D eigenvalue weighted by Gasteiger charge is -2.29. The van der Waals surface area contributed by atoms with Crippen molar-refractivity contribution in [3.8, 4) is 0 Å². The molecule has 0 heterocycles. The molecule has 24 heavy (non-hydrogen) atoms. The minimum atomic E-state index is -0.234. The van der Waals surface area contributed by atoms with Crippen molar-refractivity contribution in [1.82, 2.24) is 4.90 Å². The maximum atomic E-state index is 13.0. The zero-order valence-electron chi connectivity index (χ0n) is 13.7. The van der Waals surface area contributed by atoms with E-state index in [9.17, 15) is 9.18 Å². The summed E-state index contributed by atoms with van der Waals surface area (Å²) in [5, 5.41) is 0. The van der Waals surface area contributed by atoms with Gasteiger partial charge in [-0.3, -0.25) is 4.79 Å². The fourth-order valence-electron chi connectivity index (χ4n) is 3.40. The number of amides is 1. The summed E-state index contributed by atoms with van der Waals surface area (Å²) in [5.41, 5.74) is 8.11. The van der Waals surface area contributed by atoms with E-state index in [0.29, 0.717) is 23.8 Å². The molecule has 2 aromatic carbocycles. The minimum Gasteiger partial charge on any atom is -0.399 e. The molecule has 126 valence electrons. The molecule has 0 spiro atoms. The largest absolute Gasteiger partial charge is 0.399 e.